The van der Waals surface area contributed by atoms with E-state index in [1.165, 1.54) is 59.2 Å². The molecule has 6 aliphatic rings. The molecule has 0 bridgehead atoms. The van der Waals surface area contributed by atoms with Gasteiger partial charge in [-0.15, -0.1) is 11.3 Å². The summed E-state index contributed by atoms with van der Waals surface area (Å²) in [7, 11) is 0. The van der Waals surface area contributed by atoms with Gasteiger partial charge in [0, 0.05) is 84.6 Å². The first-order valence-corrected chi connectivity index (χ1v) is 31.9. The Hall–Kier alpha value is -8.91. The number of hydrogen-bond donors (Lipinski definition) is 0. The minimum atomic E-state index is -0.177. The maximum atomic E-state index is 7.19. The van der Waals surface area contributed by atoms with Crippen LogP contribution in [0.1, 0.15) is 103 Å². The lowest BCUT2D eigenvalue weighted by molar-refractivity contribution is 0.332. The Bertz CT molecular complexity index is 4670. The van der Waals surface area contributed by atoms with E-state index in [1.54, 1.807) is 0 Å². The minimum absolute atomic E-state index is 0.0260. The molecular weight excluding hydrogens is 1080 g/mol. The molecule has 10 aromatic carbocycles. The van der Waals surface area contributed by atoms with E-state index < -0.39 is 0 Å². The smallest absolute Gasteiger partial charge is 0.264 e. The molecule has 9 heteroatoms. The second-order valence-electron chi connectivity index (χ2n) is 27.7. The molecule has 0 saturated heterocycles. The minimum Gasteiger partial charge on any atom is -0.458 e. The Balaban J connectivity index is 1.01. The second kappa shape index (κ2) is 18.8. The lowest BCUT2D eigenvalue weighted by atomic mass is 9.31. The van der Waals surface area contributed by atoms with Crippen molar-refractivity contribution in [2.75, 3.05) is 14.7 Å². The molecule has 2 aliphatic carbocycles. The maximum absolute atomic E-state index is 7.19. The zero-order chi connectivity index (χ0) is 58.9. The van der Waals surface area contributed by atoms with Crippen LogP contribution >= 0.6 is 11.3 Å². The summed E-state index contributed by atoms with van der Waals surface area (Å²) in [6.45, 7) is 19.2. The van der Waals surface area contributed by atoms with Crippen LogP contribution in [0.5, 0.6) is 34.5 Å². The van der Waals surface area contributed by atoms with Gasteiger partial charge in [-0.2, -0.15) is 0 Å². The van der Waals surface area contributed by atoms with Gasteiger partial charge in [-0.1, -0.05) is 165 Å². The van der Waals surface area contributed by atoms with E-state index in [4.69, 9.17) is 14.2 Å². The summed E-state index contributed by atoms with van der Waals surface area (Å²) in [6, 6.07) is 78.2. The molecule has 0 atom stereocenters. The average molecular weight is 1150 g/mol. The topological polar surface area (TPSA) is 37.4 Å². The highest BCUT2D eigenvalue weighted by Crippen LogP contribution is 2.55. The molecule has 424 valence electrons. The van der Waals surface area contributed by atoms with Crippen LogP contribution in [0.3, 0.4) is 0 Å². The number of thiophene rings is 1. The highest BCUT2D eigenvalue weighted by Gasteiger charge is 2.50. The molecule has 0 amide bonds. The Kier molecular flexibility index (Phi) is 11.3. The summed E-state index contributed by atoms with van der Waals surface area (Å²) in [4.78, 5) is 7.72. The SMILES string of the molecule is CC1(C)CCC(C)(C)c2cc(N3c4cc5c(cc4B4c6ccccc6Oc6cc(Oc7ccccc7)cc3c64)B3c4sc6ccccc6c4N(c4ccccc4)c4cc(Oc6ccccc6)cc(c43)N5c3ccc4c(c3)C(C)(C)CCC4(C)C)ccc21. The van der Waals surface area contributed by atoms with Crippen molar-refractivity contribution in [2.45, 2.75) is 103 Å². The van der Waals surface area contributed by atoms with Crippen LogP contribution in [0.2, 0.25) is 0 Å². The number of nitrogens with zero attached hydrogens (tertiary/aromatic N) is 3. The van der Waals surface area contributed by atoms with Crippen LogP contribution in [0.15, 0.2) is 212 Å². The first-order valence-electron chi connectivity index (χ1n) is 31.1. The summed E-state index contributed by atoms with van der Waals surface area (Å²) in [6.07, 6.45) is 4.48. The lowest BCUT2D eigenvalue weighted by Gasteiger charge is -2.47. The van der Waals surface area contributed by atoms with Gasteiger partial charge in [-0.25, -0.2) is 0 Å². The normalized spacial score (nSPS) is 17.1. The molecule has 17 rings (SSSR count). The third-order valence-electron chi connectivity index (χ3n) is 20.5. The standard InChI is InChI=1S/C78H67B2N3O3S/c1-75(2)36-38-77(5,6)58-40-49(32-34-56(58)75)81-64-47-63-61(46-62(64)80-71-65(81)42-53(84-51-24-14-10-15-25-51)43-66(71)83(48-22-12-9-13-23-48)73-55-28-18-21-31-70(55)87-74(73)80)79-60-29-19-20-30-68(60)86-69-45-54(85-52-26-16-11-17-27-52)44-67(72(69)79)82(63)50-33-35-57-59(41-50)78(7,8)39-37-76(57,3)4/h9-35,40-47H,36-39H2,1-8H3. The molecule has 0 saturated carbocycles. The fourth-order valence-corrected chi connectivity index (χ4v) is 17.1. The third kappa shape index (κ3) is 8.00. The highest BCUT2D eigenvalue weighted by molar-refractivity contribution is 7.33. The van der Waals surface area contributed by atoms with E-state index in [2.05, 4.69) is 252 Å². The monoisotopic (exact) mass is 1150 g/mol. The van der Waals surface area contributed by atoms with Gasteiger partial charge < -0.3 is 28.9 Å². The fraction of sp³-hybridized carbons (Fsp3) is 0.205. The van der Waals surface area contributed by atoms with Crippen molar-refractivity contribution < 1.29 is 14.2 Å². The van der Waals surface area contributed by atoms with E-state index >= 15 is 0 Å². The Labute approximate surface area is 515 Å². The summed E-state index contributed by atoms with van der Waals surface area (Å²) >= 11 is 1.93. The number of benzene rings is 10. The average Bonchev–Trinajstić information content (AvgIpc) is 1.62. The number of fused-ring (bicyclic) bond motifs is 12. The number of anilines is 9. The number of para-hydroxylation sites is 4. The first kappa shape index (κ1) is 52.4. The van der Waals surface area contributed by atoms with Gasteiger partial charge >= 0.3 is 0 Å². The highest BCUT2D eigenvalue weighted by atomic mass is 32.1. The maximum Gasteiger partial charge on any atom is 0.264 e. The van der Waals surface area contributed by atoms with Crippen LogP contribution in [0.25, 0.3) is 10.1 Å². The molecule has 5 heterocycles. The van der Waals surface area contributed by atoms with E-state index in [0.717, 1.165) is 117 Å². The van der Waals surface area contributed by atoms with E-state index in [0.29, 0.717) is 0 Å². The molecule has 4 aliphatic heterocycles. The van der Waals surface area contributed by atoms with E-state index in [1.807, 2.05) is 41.7 Å². The van der Waals surface area contributed by atoms with Crippen molar-refractivity contribution in [3.05, 3.63) is 235 Å². The third-order valence-corrected chi connectivity index (χ3v) is 21.7. The van der Waals surface area contributed by atoms with Gasteiger partial charge in [-0.05, 0) is 176 Å². The van der Waals surface area contributed by atoms with Gasteiger partial charge in [0.25, 0.3) is 13.4 Å². The van der Waals surface area contributed by atoms with Gasteiger partial charge in [0.1, 0.15) is 34.5 Å². The number of ether oxygens (including phenoxy) is 3. The first-order chi connectivity index (χ1) is 42.1. The fourth-order valence-electron chi connectivity index (χ4n) is 15.8. The largest absolute Gasteiger partial charge is 0.458 e. The Morgan fingerprint density at radius 1 is 0.368 bits per heavy atom. The number of rotatable bonds is 7. The summed E-state index contributed by atoms with van der Waals surface area (Å²) in [5.74, 6) is 4.71. The van der Waals surface area contributed by atoms with Crippen LogP contribution in [0.4, 0.5) is 51.2 Å². The van der Waals surface area contributed by atoms with Gasteiger partial charge in [-0.3, -0.25) is 0 Å². The predicted octanol–water partition coefficient (Wildman–Crippen LogP) is 17.7. The van der Waals surface area contributed by atoms with Crippen LogP contribution in [-0.4, -0.2) is 13.4 Å². The molecule has 0 fully saturated rings. The van der Waals surface area contributed by atoms with Crippen LogP contribution in [0, 0.1) is 0 Å². The molecule has 0 radical (unpaired) electrons. The van der Waals surface area contributed by atoms with Crippen molar-refractivity contribution in [2.24, 2.45) is 0 Å². The van der Waals surface area contributed by atoms with E-state index in [-0.39, 0.29) is 35.1 Å². The summed E-state index contributed by atoms with van der Waals surface area (Å²) in [5, 5.41) is 1.24. The number of hydrogen-bond acceptors (Lipinski definition) is 7. The summed E-state index contributed by atoms with van der Waals surface area (Å²) in [5.41, 5.74) is 21.8. The quantitative estimate of drug-likeness (QED) is 0.148. The molecule has 1 aromatic heterocycles. The van der Waals surface area contributed by atoms with Crippen molar-refractivity contribution in [3.8, 4) is 34.5 Å². The van der Waals surface area contributed by atoms with Crippen LogP contribution < -0.4 is 61.0 Å². The Morgan fingerprint density at radius 3 is 1.45 bits per heavy atom. The Morgan fingerprint density at radius 2 is 0.851 bits per heavy atom. The molecule has 0 unspecified atom stereocenters. The van der Waals surface area contributed by atoms with Gasteiger partial charge in [0.2, 0.25) is 0 Å². The summed E-state index contributed by atoms with van der Waals surface area (Å²) < 4.78 is 23.8. The molecule has 87 heavy (non-hydrogen) atoms. The van der Waals surface area contributed by atoms with Crippen molar-refractivity contribution >= 4 is 118 Å². The lowest BCUT2D eigenvalue weighted by Crippen LogP contribution is -2.64. The van der Waals surface area contributed by atoms with Crippen molar-refractivity contribution in [3.63, 3.8) is 0 Å². The zero-order valence-corrected chi connectivity index (χ0v) is 51.5. The molecule has 0 spiro atoms. The predicted molar refractivity (Wildman–Crippen MR) is 365 cm³/mol. The van der Waals surface area contributed by atoms with Crippen molar-refractivity contribution in [1.29, 1.82) is 0 Å². The zero-order valence-electron chi connectivity index (χ0n) is 50.7. The van der Waals surface area contributed by atoms with Gasteiger partial charge in [0.15, 0.2) is 0 Å². The van der Waals surface area contributed by atoms with Crippen molar-refractivity contribution in [1.82, 2.24) is 0 Å². The molecule has 6 nitrogen and oxygen atoms in total. The molecular formula is C78H67B2N3O3S. The second-order valence-corrected chi connectivity index (χ2v) is 28.8. The van der Waals surface area contributed by atoms with Crippen LogP contribution in [-0.2, 0) is 21.7 Å². The van der Waals surface area contributed by atoms with Gasteiger partial charge in [0.05, 0.1) is 5.69 Å². The molecule has 0 N–H and O–H groups in total. The van der Waals surface area contributed by atoms with E-state index in [9.17, 15) is 0 Å². The molecule has 11 aromatic rings.